The highest BCUT2D eigenvalue weighted by molar-refractivity contribution is 5.13. The van der Waals surface area contributed by atoms with Crippen LogP contribution in [0.5, 0.6) is 0 Å². The van der Waals surface area contributed by atoms with Crippen LogP contribution in [0.25, 0.3) is 0 Å². The van der Waals surface area contributed by atoms with E-state index in [1.165, 1.54) is 11.1 Å². The van der Waals surface area contributed by atoms with Gasteiger partial charge >= 0.3 is 0 Å². The minimum atomic E-state index is 0.263. The van der Waals surface area contributed by atoms with Crippen molar-refractivity contribution >= 4 is 0 Å². The van der Waals surface area contributed by atoms with Crippen LogP contribution in [0.4, 0.5) is 0 Å². The Balaban J connectivity index is 1.98. The Labute approximate surface area is 102 Å². The molecule has 0 saturated carbocycles. The molecule has 0 saturated heterocycles. The molecule has 2 nitrogen and oxygen atoms in total. The first-order valence-corrected chi connectivity index (χ1v) is 6.01. The van der Waals surface area contributed by atoms with Crippen LogP contribution >= 0.6 is 0 Å². The molecular formula is C15H18NO+. The monoisotopic (exact) mass is 228 g/mol. The molecule has 2 rings (SSSR count). The van der Waals surface area contributed by atoms with Crippen molar-refractivity contribution in [3.8, 4) is 0 Å². The molecule has 2 aromatic rings. The van der Waals surface area contributed by atoms with Crippen LogP contribution in [0.1, 0.15) is 17.5 Å². The van der Waals surface area contributed by atoms with Gasteiger partial charge in [0.1, 0.15) is 0 Å². The number of hydrogen-bond donors (Lipinski definition) is 1. The van der Waals surface area contributed by atoms with Gasteiger partial charge in [0, 0.05) is 24.3 Å². The van der Waals surface area contributed by atoms with Crippen molar-refractivity contribution in [3.05, 3.63) is 66.0 Å². The fraction of sp³-hybridized carbons (Fsp3) is 0.267. The van der Waals surface area contributed by atoms with Crippen LogP contribution in [-0.2, 0) is 13.0 Å². The van der Waals surface area contributed by atoms with E-state index >= 15 is 0 Å². The molecule has 1 N–H and O–H groups in total. The molecule has 0 aliphatic rings. The molecule has 0 aliphatic heterocycles. The zero-order valence-electron chi connectivity index (χ0n) is 9.92. The van der Waals surface area contributed by atoms with Crippen LogP contribution < -0.4 is 4.57 Å². The van der Waals surface area contributed by atoms with Crippen LogP contribution in [0.3, 0.4) is 0 Å². The Morgan fingerprint density at radius 1 is 0.882 bits per heavy atom. The van der Waals surface area contributed by atoms with Gasteiger partial charge in [-0.05, 0) is 18.4 Å². The van der Waals surface area contributed by atoms with E-state index in [1.54, 1.807) is 0 Å². The van der Waals surface area contributed by atoms with E-state index in [0.717, 1.165) is 19.4 Å². The van der Waals surface area contributed by atoms with Gasteiger partial charge in [0.15, 0.2) is 18.9 Å². The second-order valence-electron chi connectivity index (χ2n) is 4.19. The quantitative estimate of drug-likeness (QED) is 0.777. The smallest absolute Gasteiger partial charge is 0.173 e. The maximum Gasteiger partial charge on any atom is 0.173 e. The predicted octanol–water partition coefficient (Wildman–Crippen LogP) is 1.95. The average molecular weight is 228 g/mol. The highest BCUT2D eigenvalue weighted by Gasteiger charge is 2.02. The molecule has 1 aromatic heterocycles. The molecule has 0 radical (unpaired) electrons. The number of pyridine rings is 1. The second kappa shape index (κ2) is 6.16. The lowest BCUT2D eigenvalue weighted by Crippen LogP contribution is -2.33. The van der Waals surface area contributed by atoms with Gasteiger partial charge in [-0.1, -0.05) is 30.3 Å². The van der Waals surface area contributed by atoms with Crippen LogP contribution in [0.15, 0.2) is 54.9 Å². The first-order chi connectivity index (χ1) is 8.38. The Bertz CT molecular complexity index is 436. The standard InChI is InChI=1S/C15H18NO/c17-12-4-7-14-8-10-16(11-9-14)13-15-5-2-1-3-6-15/h1-3,5-6,8-11,17H,4,7,12-13H2/q+1. The average Bonchev–Trinajstić information content (AvgIpc) is 2.39. The van der Waals surface area contributed by atoms with Crippen molar-refractivity contribution in [2.24, 2.45) is 0 Å². The number of nitrogens with zero attached hydrogens (tertiary/aromatic N) is 1. The van der Waals surface area contributed by atoms with Gasteiger partial charge in [-0.25, -0.2) is 4.57 Å². The number of rotatable bonds is 5. The molecule has 17 heavy (non-hydrogen) atoms. The van der Waals surface area contributed by atoms with Crippen molar-refractivity contribution in [1.82, 2.24) is 0 Å². The third-order valence-electron chi connectivity index (χ3n) is 2.79. The summed E-state index contributed by atoms with van der Waals surface area (Å²) in [4.78, 5) is 0. The molecule has 0 aliphatic carbocycles. The summed E-state index contributed by atoms with van der Waals surface area (Å²) in [6.45, 7) is 1.17. The predicted molar refractivity (Wildman–Crippen MR) is 67.6 cm³/mol. The van der Waals surface area contributed by atoms with Gasteiger partial charge in [-0.3, -0.25) is 0 Å². The van der Waals surface area contributed by atoms with Crippen molar-refractivity contribution in [2.75, 3.05) is 6.61 Å². The molecule has 1 aromatic carbocycles. The largest absolute Gasteiger partial charge is 0.396 e. The van der Waals surface area contributed by atoms with E-state index in [9.17, 15) is 0 Å². The van der Waals surface area contributed by atoms with Gasteiger partial charge in [-0.15, -0.1) is 0 Å². The number of aryl methyl sites for hydroxylation is 1. The summed E-state index contributed by atoms with van der Waals surface area (Å²) in [6, 6.07) is 14.7. The summed E-state index contributed by atoms with van der Waals surface area (Å²) in [5.74, 6) is 0. The van der Waals surface area contributed by atoms with E-state index in [1.807, 2.05) is 6.07 Å². The Hall–Kier alpha value is -1.67. The molecule has 0 bridgehead atoms. The summed E-state index contributed by atoms with van der Waals surface area (Å²) in [7, 11) is 0. The van der Waals surface area contributed by atoms with E-state index < -0.39 is 0 Å². The highest BCUT2D eigenvalue weighted by atomic mass is 16.2. The Kier molecular flexibility index (Phi) is 4.28. The summed E-state index contributed by atoms with van der Waals surface area (Å²) in [6.07, 6.45) is 5.98. The maximum absolute atomic E-state index is 8.77. The lowest BCUT2D eigenvalue weighted by molar-refractivity contribution is -0.688. The summed E-state index contributed by atoms with van der Waals surface area (Å²) in [5, 5.41) is 8.77. The minimum Gasteiger partial charge on any atom is -0.396 e. The van der Waals surface area contributed by atoms with E-state index in [2.05, 4.69) is 53.4 Å². The highest BCUT2D eigenvalue weighted by Crippen LogP contribution is 2.01. The maximum atomic E-state index is 8.77. The van der Waals surface area contributed by atoms with Crippen LogP contribution in [0, 0.1) is 0 Å². The summed E-state index contributed by atoms with van der Waals surface area (Å²) in [5.41, 5.74) is 2.59. The van der Waals surface area contributed by atoms with Crippen LogP contribution in [0.2, 0.25) is 0 Å². The molecule has 0 amide bonds. The Morgan fingerprint density at radius 2 is 1.59 bits per heavy atom. The number of aromatic nitrogens is 1. The molecular weight excluding hydrogens is 210 g/mol. The van der Waals surface area contributed by atoms with Gasteiger partial charge in [0.25, 0.3) is 0 Å². The number of aliphatic hydroxyl groups is 1. The topological polar surface area (TPSA) is 24.1 Å². The lowest BCUT2D eigenvalue weighted by atomic mass is 10.1. The van der Waals surface area contributed by atoms with E-state index in [0.29, 0.717) is 0 Å². The number of benzene rings is 1. The van der Waals surface area contributed by atoms with Crippen LogP contribution in [-0.4, -0.2) is 11.7 Å². The van der Waals surface area contributed by atoms with Gasteiger partial charge in [-0.2, -0.15) is 0 Å². The lowest BCUT2D eigenvalue weighted by Gasteiger charge is -2.00. The normalized spacial score (nSPS) is 10.4. The molecule has 0 fully saturated rings. The summed E-state index contributed by atoms with van der Waals surface area (Å²) >= 11 is 0. The third kappa shape index (κ3) is 3.68. The fourth-order valence-electron chi connectivity index (χ4n) is 1.84. The molecule has 0 unspecified atom stereocenters. The SMILES string of the molecule is OCCCc1cc[n+](Cc2ccccc2)cc1. The van der Waals surface area contributed by atoms with Crippen molar-refractivity contribution in [1.29, 1.82) is 0 Å². The molecule has 1 heterocycles. The zero-order valence-corrected chi connectivity index (χ0v) is 9.92. The first-order valence-electron chi connectivity index (χ1n) is 6.01. The van der Waals surface area contributed by atoms with Crippen molar-refractivity contribution in [3.63, 3.8) is 0 Å². The second-order valence-corrected chi connectivity index (χ2v) is 4.19. The van der Waals surface area contributed by atoms with Crippen molar-refractivity contribution < 1.29 is 9.67 Å². The molecule has 88 valence electrons. The number of aliphatic hydroxyl groups excluding tert-OH is 1. The van der Waals surface area contributed by atoms with E-state index in [-0.39, 0.29) is 6.61 Å². The molecule has 0 spiro atoms. The molecule has 0 atom stereocenters. The van der Waals surface area contributed by atoms with E-state index in [4.69, 9.17) is 5.11 Å². The first kappa shape index (κ1) is 11.8. The fourth-order valence-corrected chi connectivity index (χ4v) is 1.84. The zero-order chi connectivity index (χ0) is 11.9. The van der Waals surface area contributed by atoms with Gasteiger partial charge in [0.2, 0.25) is 0 Å². The number of hydrogen-bond acceptors (Lipinski definition) is 1. The molecule has 2 heteroatoms. The summed E-state index contributed by atoms with van der Waals surface area (Å²) < 4.78 is 2.16. The Morgan fingerprint density at radius 3 is 2.24 bits per heavy atom. The van der Waals surface area contributed by atoms with Gasteiger partial charge < -0.3 is 5.11 Å². The minimum absolute atomic E-state index is 0.263. The van der Waals surface area contributed by atoms with Crippen molar-refractivity contribution in [2.45, 2.75) is 19.4 Å². The van der Waals surface area contributed by atoms with Gasteiger partial charge in [0.05, 0.1) is 0 Å². The third-order valence-corrected chi connectivity index (χ3v) is 2.79.